The number of nitrogens with one attached hydrogen (secondary N) is 1. The normalized spacial score (nSPS) is 10.6. The molecule has 0 atom stereocenters. The van der Waals surface area contributed by atoms with Crippen LogP contribution in [0.3, 0.4) is 0 Å². The largest absolute Gasteiger partial charge is 0.381 e. The van der Waals surface area contributed by atoms with Crippen LogP contribution in [0.1, 0.15) is 25.6 Å². The number of aromatic nitrogens is 2. The average Bonchev–Trinajstić information content (AvgIpc) is 2.33. The van der Waals surface area contributed by atoms with E-state index in [0.717, 1.165) is 38.4 Å². The van der Waals surface area contributed by atoms with Crippen molar-refractivity contribution in [3.8, 4) is 0 Å². The van der Waals surface area contributed by atoms with Crippen LogP contribution in [0.2, 0.25) is 5.15 Å². The summed E-state index contributed by atoms with van der Waals surface area (Å²) in [6.45, 7) is 4.82. The molecule has 0 aliphatic heterocycles. The molecule has 0 aromatic carbocycles. The molecular weight excluding hydrogens is 254 g/mol. The number of anilines is 1. The molecule has 1 aromatic rings. The van der Waals surface area contributed by atoms with Gasteiger partial charge in [-0.05, 0) is 12.8 Å². The van der Waals surface area contributed by atoms with Gasteiger partial charge in [0, 0.05) is 32.9 Å². The third-order valence-corrected chi connectivity index (χ3v) is 2.33. The third-order valence-electron chi connectivity index (χ3n) is 2.13. The highest BCUT2D eigenvalue weighted by Gasteiger charge is 2.02. The lowest BCUT2D eigenvalue weighted by atomic mass is 10.4. The molecule has 1 heterocycles. The second-order valence-electron chi connectivity index (χ2n) is 3.82. The topological polar surface area (TPSA) is 56.3 Å². The molecule has 0 bridgehead atoms. The number of hydrogen-bond acceptors (Lipinski definition) is 5. The second kappa shape index (κ2) is 9.08. The lowest BCUT2D eigenvalue weighted by Gasteiger charge is -2.07. The summed E-state index contributed by atoms with van der Waals surface area (Å²) < 4.78 is 10.4. The van der Waals surface area contributed by atoms with Gasteiger partial charge in [0.05, 0.1) is 0 Å². The first-order valence-electron chi connectivity index (χ1n) is 6.10. The number of halogens is 1. The molecule has 0 amide bonds. The van der Waals surface area contributed by atoms with Crippen LogP contribution in [-0.4, -0.2) is 36.8 Å². The van der Waals surface area contributed by atoms with Gasteiger partial charge in [0.2, 0.25) is 0 Å². The highest BCUT2D eigenvalue weighted by atomic mass is 35.5. The van der Waals surface area contributed by atoms with Crippen LogP contribution in [-0.2, 0) is 16.1 Å². The highest BCUT2D eigenvalue weighted by Crippen LogP contribution is 2.11. The van der Waals surface area contributed by atoms with E-state index in [1.807, 2.05) is 0 Å². The average molecular weight is 274 g/mol. The van der Waals surface area contributed by atoms with Gasteiger partial charge in [0.1, 0.15) is 17.6 Å². The molecule has 0 saturated carbocycles. The Kier molecular flexibility index (Phi) is 7.64. The van der Waals surface area contributed by atoms with Crippen LogP contribution in [0, 0.1) is 0 Å². The molecule has 102 valence electrons. The van der Waals surface area contributed by atoms with Crippen molar-refractivity contribution < 1.29 is 9.47 Å². The second-order valence-corrected chi connectivity index (χ2v) is 4.21. The maximum atomic E-state index is 5.90. The Labute approximate surface area is 113 Å². The number of ether oxygens (including phenoxy) is 2. The fraction of sp³-hybridized carbons (Fsp3) is 0.667. The van der Waals surface area contributed by atoms with Gasteiger partial charge in [-0.15, -0.1) is 0 Å². The fourth-order valence-electron chi connectivity index (χ4n) is 1.39. The van der Waals surface area contributed by atoms with Gasteiger partial charge in [-0.1, -0.05) is 18.5 Å². The van der Waals surface area contributed by atoms with E-state index in [1.54, 1.807) is 13.2 Å². The van der Waals surface area contributed by atoms with Crippen LogP contribution < -0.4 is 5.32 Å². The summed E-state index contributed by atoms with van der Waals surface area (Å²) in [6.07, 6.45) is 1.98. The summed E-state index contributed by atoms with van der Waals surface area (Å²) in [5.74, 6) is 1.30. The molecule has 6 heteroatoms. The minimum atomic E-state index is 0.356. The smallest absolute Gasteiger partial charge is 0.158 e. The van der Waals surface area contributed by atoms with Gasteiger partial charge >= 0.3 is 0 Å². The van der Waals surface area contributed by atoms with Crippen LogP contribution in [0.25, 0.3) is 0 Å². The summed E-state index contributed by atoms with van der Waals surface area (Å²) in [4.78, 5) is 8.34. The Morgan fingerprint density at radius 2 is 2.17 bits per heavy atom. The zero-order valence-corrected chi connectivity index (χ0v) is 11.7. The van der Waals surface area contributed by atoms with Crippen molar-refractivity contribution in [1.82, 2.24) is 9.97 Å². The van der Waals surface area contributed by atoms with Crippen molar-refractivity contribution in [1.29, 1.82) is 0 Å². The van der Waals surface area contributed by atoms with E-state index in [0.29, 0.717) is 17.6 Å². The van der Waals surface area contributed by atoms with E-state index in [1.165, 1.54) is 0 Å². The lowest BCUT2D eigenvalue weighted by molar-refractivity contribution is 0.134. The van der Waals surface area contributed by atoms with E-state index in [9.17, 15) is 0 Å². The van der Waals surface area contributed by atoms with Crippen molar-refractivity contribution >= 4 is 17.4 Å². The van der Waals surface area contributed by atoms with Crippen LogP contribution in [0.15, 0.2) is 6.07 Å². The van der Waals surface area contributed by atoms with Crippen molar-refractivity contribution in [2.45, 2.75) is 26.4 Å². The van der Waals surface area contributed by atoms with Gasteiger partial charge < -0.3 is 14.8 Å². The van der Waals surface area contributed by atoms with Crippen LogP contribution in [0.5, 0.6) is 0 Å². The summed E-state index contributed by atoms with van der Waals surface area (Å²) in [7, 11) is 1.60. The molecule has 0 radical (unpaired) electrons. The van der Waals surface area contributed by atoms with E-state index in [4.69, 9.17) is 21.1 Å². The Morgan fingerprint density at radius 3 is 2.89 bits per heavy atom. The molecule has 0 aliphatic rings. The molecule has 18 heavy (non-hydrogen) atoms. The Morgan fingerprint density at radius 1 is 1.33 bits per heavy atom. The zero-order chi connectivity index (χ0) is 13.2. The summed E-state index contributed by atoms with van der Waals surface area (Å²) >= 11 is 5.90. The SMILES string of the molecule is CCCOCCCNc1cc(Cl)nc(COC)n1. The minimum Gasteiger partial charge on any atom is -0.381 e. The molecule has 0 aliphatic carbocycles. The first kappa shape index (κ1) is 15.1. The molecule has 1 rings (SSSR count). The molecule has 0 spiro atoms. The molecule has 5 nitrogen and oxygen atoms in total. The molecule has 0 fully saturated rings. The van der Waals surface area contributed by atoms with Crippen LogP contribution in [0.4, 0.5) is 5.82 Å². The summed E-state index contributed by atoms with van der Waals surface area (Å²) in [5, 5.41) is 3.61. The monoisotopic (exact) mass is 273 g/mol. The number of nitrogens with zero attached hydrogens (tertiary/aromatic N) is 2. The highest BCUT2D eigenvalue weighted by molar-refractivity contribution is 6.29. The standard InChI is InChI=1S/C12H20ClN3O2/c1-3-6-18-7-4-5-14-11-8-10(13)15-12(16-11)9-17-2/h8H,3-7,9H2,1-2H3,(H,14,15,16). The lowest BCUT2D eigenvalue weighted by Crippen LogP contribution is -2.09. The van der Waals surface area contributed by atoms with Gasteiger partial charge in [-0.25, -0.2) is 9.97 Å². The van der Waals surface area contributed by atoms with E-state index in [2.05, 4.69) is 22.2 Å². The van der Waals surface area contributed by atoms with Gasteiger partial charge in [0.25, 0.3) is 0 Å². The first-order chi connectivity index (χ1) is 8.76. The quantitative estimate of drug-likeness (QED) is 0.553. The number of methoxy groups -OCH3 is 1. The van der Waals surface area contributed by atoms with Crippen LogP contribution >= 0.6 is 11.6 Å². The van der Waals surface area contributed by atoms with Crippen molar-refractivity contribution in [2.24, 2.45) is 0 Å². The van der Waals surface area contributed by atoms with E-state index in [-0.39, 0.29) is 0 Å². The predicted molar refractivity (Wildman–Crippen MR) is 72.0 cm³/mol. The Bertz CT molecular complexity index is 350. The first-order valence-corrected chi connectivity index (χ1v) is 6.48. The maximum Gasteiger partial charge on any atom is 0.158 e. The van der Waals surface area contributed by atoms with Gasteiger partial charge in [-0.3, -0.25) is 0 Å². The Balaban J connectivity index is 2.32. The number of hydrogen-bond donors (Lipinski definition) is 1. The molecule has 1 aromatic heterocycles. The Hall–Kier alpha value is -0.910. The van der Waals surface area contributed by atoms with Crippen molar-refractivity contribution in [2.75, 3.05) is 32.2 Å². The zero-order valence-electron chi connectivity index (χ0n) is 10.9. The van der Waals surface area contributed by atoms with Crippen molar-refractivity contribution in [3.05, 3.63) is 17.0 Å². The third kappa shape index (κ3) is 6.14. The minimum absolute atomic E-state index is 0.356. The van der Waals surface area contributed by atoms with Crippen molar-refractivity contribution in [3.63, 3.8) is 0 Å². The molecule has 0 unspecified atom stereocenters. The summed E-state index contributed by atoms with van der Waals surface area (Å²) in [5.41, 5.74) is 0. The summed E-state index contributed by atoms with van der Waals surface area (Å²) in [6, 6.07) is 1.70. The molecule has 1 N–H and O–H groups in total. The molecular formula is C12H20ClN3O2. The molecule has 0 saturated heterocycles. The predicted octanol–water partition coefficient (Wildman–Crippen LogP) is 2.51. The van der Waals surface area contributed by atoms with Gasteiger partial charge in [-0.2, -0.15) is 0 Å². The maximum absolute atomic E-state index is 5.90. The fourth-order valence-corrected chi connectivity index (χ4v) is 1.59. The van der Waals surface area contributed by atoms with E-state index >= 15 is 0 Å². The van der Waals surface area contributed by atoms with E-state index < -0.39 is 0 Å². The number of rotatable bonds is 9. The van der Waals surface area contributed by atoms with Gasteiger partial charge in [0.15, 0.2) is 5.82 Å².